The molecule has 0 bridgehead atoms. The summed E-state index contributed by atoms with van der Waals surface area (Å²) in [6.45, 7) is 1.62. The van der Waals surface area contributed by atoms with Crippen LogP contribution in [-0.2, 0) is 6.18 Å². The van der Waals surface area contributed by atoms with Crippen LogP contribution in [0.15, 0.2) is 12.1 Å². The van der Waals surface area contributed by atoms with Gasteiger partial charge in [-0.1, -0.05) is 0 Å². The van der Waals surface area contributed by atoms with Crippen molar-refractivity contribution in [2.75, 3.05) is 0 Å². The Hall–Kier alpha value is -0.970. The van der Waals surface area contributed by atoms with Gasteiger partial charge in [0.05, 0.1) is 0 Å². The van der Waals surface area contributed by atoms with Crippen molar-refractivity contribution in [1.29, 1.82) is 0 Å². The summed E-state index contributed by atoms with van der Waals surface area (Å²) in [5.41, 5.74) is 5.01. The van der Waals surface area contributed by atoms with Gasteiger partial charge in [0.1, 0.15) is 5.69 Å². The summed E-state index contributed by atoms with van der Waals surface area (Å²) in [6, 6.07) is 1.92. The fourth-order valence-electron chi connectivity index (χ4n) is 0.843. The molecular weight excluding hydrogens is 169 g/mol. The molecule has 68 valence electrons. The summed E-state index contributed by atoms with van der Waals surface area (Å²) >= 11 is 0. The van der Waals surface area contributed by atoms with Gasteiger partial charge in [-0.25, -0.2) is 0 Å². The van der Waals surface area contributed by atoms with Crippen LogP contribution in [0.2, 0.25) is 0 Å². The first-order chi connectivity index (χ1) is 5.41. The molecule has 0 aliphatic rings. The van der Waals surface area contributed by atoms with Gasteiger partial charge < -0.3 is 10.7 Å². The second kappa shape index (κ2) is 2.82. The lowest BCUT2D eigenvalue weighted by molar-refractivity contribution is -0.140. The Morgan fingerprint density at radius 2 is 2.00 bits per heavy atom. The van der Waals surface area contributed by atoms with Crippen LogP contribution < -0.4 is 5.73 Å². The van der Waals surface area contributed by atoms with Crippen LogP contribution in [0.5, 0.6) is 0 Å². The molecule has 0 radical (unpaired) electrons. The molecule has 0 aliphatic heterocycles. The van der Waals surface area contributed by atoms with Crippen molar-refractivity contribution < 1.29 is 13.2 Å². The highest BCUT2D eigenvalue weighted by atomic mass is 19.4. The Balaban J connectivity index is 2.92. The first-order valence-electron chi connectivity index (χ1n) is 3.43. The second-order valence-corrected chi connectivity index (χ2v) is 2.61. The molecule has 12 heavy (non-hydrogen) atoms. The van der Waals surface area contributed by atoms with E-state index in [1.807, 2.05) is 0 Å². The molecule has 1 aromatic heterocycles. The molecule has 0 unspecified atom stereocenters. The third kappa shape index (κ3) is 1.79. The van der Waals surface area contributed by atoms with E-state index in [9.17, 15) is 13.2 Å². The van der Waals surface area contributed by atoms with Gasteiger partial charge in [0.2, 0.25) is 0 Å². The minimum absolute atomic E-state index is 0.391. The molecule has 1 atom stereocenters. The van der Waals surface area contributed by atoms with Crippen LogP contribution >= 0.6 is 0 Å². The smallest absolute Gasteiger partial charge is 0.354 e. The van der Waals surface area contributed by atoms with E-state index in [0.29, 0.717) is 5.69 Å². The predicted octanol–water partition coefficient (Wildman–Crippen LogP) is 2.05. The maximum atomic E-state index is 12.0. The van der Waals surface area contributed by atoms with E-state index in [2.05, 4.69) is 4.98 Å². The maximum absolute atomic E-state index is 12.0. The lowest BCUT2D eigenvalue weighted by Gasteiger charge is -2.04. The molecule has 3 N–H and O–H groups in total. The van der Waals surface area contributed by atoms with Gasteiger partial charge in [0, 0.05) is 11.7 Å². The lowest BCUT2D eigenvalue weighted by Crippen LogP contribution is -2.08. The molecule has 1 rings (SSSR count). The third-order valence-electron chi connectivity index (χ3n) is 1.50. The van der Waals surface area contributed by atoms with Gasteiger partial charge in [0.25, 0.3) is 0 Å². The molecule has 0 fully saturated rings. The van der Waals surface area contributed by atoms with Crippen molar-refractivity contribution in [3.63, 3.8) is 0 Å². The summed E-state index contributed by atoms with van der Waals surface area (Å²) in [5.74, 6) is 0. The molecule has 0 amide bonds. The van der Waals surface area contributed by atoms with Gasteiger partial charge in [-0.2, -0.15) is 13.2 Å². The fourth-order valence-corrected chi connectivity index (χ4v) is 0.843. The maximum Gasteiger partial charge on any atom is 0.431 e. The van der Waals surface area contributed by atoms with Crippen LogP contribution in [-0.4, -0.2) is 4.98 Å². The van der Waals surface area contributed by atoms with Crippen molar-refractivity contribution in [2.24, 2.45) is 5.73 Å². The number of aromatic amines is 1. The summed E-state index contributed by atoms with van der Waals surface area (Å²) in [7, 11) is 0. The Bertz CT molecular complexity index is 262. The average Bonchev–Trinajstić information content (AvgIpc) is 2.30. The SMILES string of the molecule is C[C@H](N)c1ccc(C(F)(F)F)[nH]1. The van der Waals surface area contributed by atoms with Crippen LogP contribution in [0, 0.1) is 0 Å². The average molecular weight is 178 g/mol. The van der Waals surface area contributed by atoms with Crippen molar-refractivity contribution in [2.45, 2.75) is 19.1 Å². The molecule has 0 spiro atoms. The minimum Gasteiger partial charge on any atom is -0.354 e. The van der Waals surface area contributed by atoms with E-state index in [4.69, 9.17) is 5.73 Å². The minimum atomic E-state index is -4.31. The predicted molar refractivity (Wildman–Crippen MR) is 38.4 cm³/mol. The number of hydrogen-bond donors (Lipinski definition) is 2. The highest BCUT2D eigenvalue weighted by Gasteiger charge is 2.32. The molecular formula is C7H9F3N2. The number of halogens is 3. The Labute approximate surface area is 67.6 Å². The monoisotopic (exact) mass is 178 g/mol. The molecule has 2 nitrogen and oxygen atoms in total. The third-order valence-corrected chi connectivity index (χ3v) is 1.50. The number of H-pyrrole nitrogens is 1. The first kappa shape index (κ1) is 9.12. The van der Waals surface area contributed by atoms with E-state index in [-0.39, 0.29) is 0 Å². The number of alkyl halides is 3. The Kier molecular flexibility index (Phi) is 2.14. The zero-order valence-corrected chi connectivity index (χ0v) is 6.44. The normalized spacial score (nSPS) is 14.8. The summed E-state index contributed by atoms with van der Waals surface area (Å²) in [5, 5.41) is 0. The van der Waals surface area contributed by atoms with E-state index < -0.39 is 17.9 Å². The molecule has 1 heterocycles. The van der Waals surface area contributed by atoms with Crippen molar-refractivity contribution in [1.82, 2.24) is 4.98 Å². The molecule has 5 heteroatoms. The zero-order valence-electron chi connectivity index (χ0n) is 6.44. The van der Waals surface area contributed by atoms with Gasteiger partial charge in [0.15, 0.2) is 0 Å². The van der Waals surface area contributed by atoms with E-state index in [0.717, 1.165) is 6.07 Å². The van der Waals surface area contributed by atoms with E-state index >= 15 is 0 Å². The zero-order chi connectivity index (χ0) is 9.35. The van der Waals surface area contributed by atoms with Crippen LogP contribution in [0.4, 0.5) is 13.2 Å². The fraction of sp³-hybridized carbons (Fsp3) is 0.429. The number of nitrogens with two attached hydrogens (primary N) is 1. The highest BCUT2D eigenvalue weighted by molar-refractivity contribution is 5.17. The van der Waals surface area contributed by atoms with Crippen molar-refractivity contribution in [3.8, 4) is 0 Å². The van der Waals surface area contributed by atoms with Gasteiger partial charge in [-0.3, -0.25) is 0 Å². The summed E-state index contributed by atoms with van der Waals surface area (Å²) < 4.78 is 36.0. The number of hydrogen-bond acceptors (Lipinski definition) is 1. The Morgan fingerprint density at radius 1 is 1.42 bits per heavy atom. The Morgan fingerprint density at radius 3 is 2.25 bits per heavy atom. The number of aromatic nitrogens is 1. The van der Waals surface area contributed by atoms with Gasteiger partial charge in [-0.05, 0) is 19.1 Å². The molecule has 0 aromatic carbocycles. The van der Waals surface area contributed by atoms with Crippen LogP contribution in [0.3, 0.4) is 0 Å². The van der Waals surface area contributed by atoms with Crippen molar-refractivity contribution >= 4 is 0 Å². The van der Waals surface area contributed by atoms with Crippen LogP contribution in [0.1, 0.15) is 24.4 Å². The van der Waals surface area contributed by atoms with E-state index in [1.54, 1.807) is 6.92 Å². The highest BCUT2D eigenvalue weighted by Crippen LogP contribution is 2.28. The molecule has 1 aromatic rings. The quantitative estimate of drug-likeness (QED) is 0.679. The molecule has 0 aliphatic carbocycles. The first-order valence-corrected chi connectivity index (χ1v) is 3.43. The van der Waals surface area contributed by atoms with E-state index in [1.165, 1.54) is 6.07 Å². The van der Waals surface area contributed by atoms with Gasteiger partial charge >= 0.3 is 6.18 Å². The standard InChI is InChI=1S/C7H9F3N2/c1-4(11)5-2-3-6(12-5)7(8,9)10/h2-4,12H,11H2,1H3/t4-/m0/s1. The topological polar surface area (TPSA) is 41.8 Å². The number of nitrogens with one attached hydrogen (secondary N) is 1. The largest absolute Gasteiger partial charge is 0.431 e. The lowest BCUT2D eigenvalue weighted by atomic mass is 10.3. The van der Waals surface area contributed by atoms with Gasteiger partial charge in [-0.15, -0.1) is 0 Å². The molecule has 0 saturated heterocycles. The number of rotatable bonds is 1. The van der Waals surface area contributed by atoms with Crippen molar-refractivity contribution in [3.05, 3.63) is 23.5 Å². The second-order valence-electron chi connectivity index (χ2n) is 2.61. The molecule has 0 saturated carbocycles. The summed E-state index contributed by atoms with van der Waals surface area (Å²) in [6.07, 6.45) is -4.31. The summed E-state index contributed by atoms with van der Waals surface area (Å²) in [4.78, 5) is 2.20. The van der Waals surface area contributed by atoms with Crippen LogP contribution in [0.25, 0.3) is 0 Å².